The van der Waals surface area contributed by atoms with Crippen LogP contribution in [0.5, 0.6) is 5.75 Å². The smallest absolute Gasteiger partial charge is 0.278 e. The Kier molecular flexibility index (Phi) is 3.99. The van der Waals surface area contributed by atoms with Crippen LogP contribution in [0, 0.1) is 0 Å². The third-order valence-electron chi connectivity index (χ3n) is 6.34. The number of H-pyrrole nitrogens is 1. The van der Waals surface area contributed by atoms with Crippen molar-refractivity contribution in [3.63, 3.8) is 0 Å². The number of aliphatic imine (C=N–C) groups is 2. The third kappa shape index (κ3) is 2.72. The first-order chi connectivity index (χ1) is 17.2. The maximum atomic E-state index is 13.3. The van der Waals surface area contributed by atoms with E-state index < -0.39 is 5.66 Å². The molecule has 3 aromatic carbocycles. The number of rotatable bonds is 3. The largest absolute Gasteiger partial charge is 0.494 e. The van der Waals surface area contributed by atoms with Gasteiger partial charge in [-0.25, -0.2) is 9.98 Å². The van der Waals surface area contributed by atoms with Crippen LogP contribution in [0.2, 0.25) is 0 Å². The average Bonchev–Trinajstić information content (AvgIpc) is 3.50. The number of hydrogen-bond donors (Lipinski definition) is 2. The molecule has 9 nitrogen and oxygen atoms in total. The van der Waals surface area contributed by atoms with Crippen molar-refractivity contribution in [1.29, 1.82) is 0 Å². The highest BCUT2D eigenvalue weighted by Crippen LogP contribution is 2.49. The normalized spacial score (nSPS) is 20.7. The van der Waals surface area contributed by atoms with E-state index in [4.69, 9.17) is 9.73 Å². The second-order valence-corrected chi connectivity index (χ2v) is 8.35. The van der Waals surface area contributed by atoms with E-state index in [1.54, 1.807) is 0 Å². The van der Waals surface area contributed by atoms with Crippen LogP contribution in [-0.2, 0) is 10.5 Å². The van der Waals surface area contributed by atoms with Crippen LogP contribution in [-0.4, -0.2) is 29.4 Å². The Morgan fingerprint density at radius 2 is 1.80 bits per heavy atom. The molecule has 7 rings (SSSR count). The predicted octanol–water partition coefficient (Wildman–Crippen LogP) is 2.86. The van der Waals surface area contributed by atoms with E-state index in [1.807, 2.05) is 84.6 Å². The summed E-state index contributed by atoms with van der Waals surface area (Å²) in [7, 11) is 0. The van der Waals surface area contributed by atoms with Crippen molar-refractivity contribution < 1.29 is 9.53 Å². The van der Waals surface area contributed by atoms with E-state index >= 15 is 0 Å². The molecule has 0 bridgehead atoms. The Hall–Kier alpha value is -4.79. The van der Waals surface area contributed by atoms with Crippen LogP contribution in [0.3, 0.4) is 0 Å². The first kappa shape index (κ1) is 19.7. The standard InChI is InChI=1S/C26H19N7O2/c1-2-35-16-13-11-15(12-14-16)33-25(32-26(33)18-8-4-6-10-20(18)28-23(26)34)31-24-29-21-17-7-3-5-9-19(17)27-22(21)30-24/h3-14H,2H2,1H3,(H,28,34)(H,27,29,30,31,32). The van der Waals surface area contributed by atoms with Crippen molar-refractivity contribution in [2.24, 2.45) is 20.0 Å². The quantitative estimate of drug-likeness (QED) is 0.490. The van der Waals surface area contributed by atoms with Gasteiger partial charge in [0, 0.05) is 27.8 Å². The minimum atomic E-state index is -1.23. The number of para-hydroxylation sites is 2. The van der Waals surface area contributed by atoms with Crippen molar-refractivity contribution in [3.05, 3.63) is 89.2 Å². The number of aromatic nitrogens is 1. The summed E-state index contributed by atoms with van der Waals surface area (Å²) in [5.41, 5.74) is 2.68. The van der Waals surface area contributed by atoms with E-state index in [0.717, 1.165) is 38.9 Å². The molecule has 0 radical (unpaired) electrons. The van der Waals surface area contributed by atoms with E-state index in [0.29, 0.717) is 18.1 Å². The summed E-state index contributed by atoms with van der Waals surface area (Å²) in [6.45, 7) is 2.51. The van der Waals surface area contributed by atoms with Gasteiger partial charge < -0.3 is 15.0 Å². The van der Waals surface area contributed by atoms with E-state index in [1.165, 1.54) is 0 Å². The minimum absolute atomic E-state index is 0.229. The molecule has 0 saturated heterocycles. The molecule has 0 aliphatic carbocycles. The number of carbonyl (C=O) groups is 1. The Bertz CT molecular complexity index is 1720. The maximum Gasteiger partial charge on any atom is 0.278 e. The van der Waals surface area contributed by atoms with Gasteiger partial charge in [0.1, 0.15) is 11.1 Å². The van der Waals surface area contributed by atoms with Crippen LogP contribution in [0.1, 0.15) is 12.5 Å². The van der Waals surface area contributed by atoms with E-state index in [-0.39, 0.29) is 11.9 Å². The average molecular weight is 461 g/mol. The zero-order valence-corrected chi connectivity index (χ0v) is 18.7. The first-order valence-corrected chi connectivity index (χ1v) is 11.3. The van der Waals surface area contributed by atoms with Gasteiger partial charge in [-0.2, -0.15) is 9.98 Å². The molecule has 1 atom stereocenters. The van der Waals surface area contributed by atoms with Gasteiger partial charge in [0.15, 0.2) is 5.49 Å². The first-order valence-electron chi connectivity index (χ1n) is 11.3. The number of anilines is 2. The Morgan fingerprint density at radius 3 is 2.66 bits per heavy atom. The lowest BCUT2D eigenvalue weighted by Gasteiger charge is -2.44. The van der Waals surface area contributed by atoms with Crippen LogP contribution in [0.15, 0.2) is 92.8 Å². The second-order valence-electron chi connectivity index (χ2n) is 8.35. The summed E-state index contributed by atoms with van der Waals surface area (Å²) in [5, 5.41) is 4.69. The number of carbonyl (C=O) groups excluding carboxylic acids is 1. The van der Waals surface area contributed by atoms with Crippen molar-refractivity contribution in [2.75, 3.05) is 16.8 Å². The van der Waals surface area contributed by atoms with Crippen LogP contribution in [0.4, 0.5) is 11.4 Å². The van der Waals surface area contributed by atoms with Crippen molar-refractivity contribution in [1.82, 2.24) is 4.98 Å². The molecular formula is C26H19N7O2. The fourth-order valence-corrected chi connectivity index (χ4v) is 4.81. The number of aromatic amines is 1. The van der Waals surface area contributed by atoms with Crippen molar-refractivity contribution in [3.8, 4) is 5.75 Å². The summed E-state index contributed by atoms with van der Waals surface area (Å²) in [6.07, 6.45) is 0. The number of nitrogens with zero attached hydrogens (tertiary/aromatic N) is 5. The Balaban J connectivity index is 1.36. The fraction of sp³-hybridized carbons (Fsp3) is 0.115. The van der Waals surface area contributed by atoms with E-state index in [9.17, 15) is 4.79 Å². The molecule has 1 amide bonds. The molecule has 4 aromatic rings. The topological polar surface area (TPSA) is 107 Å². The molecule has 1 unspecified atom stereocenters. The fourth-order valence-electron chi connectivity index (χ4n) is 4.81. The second kappa shape index (κ2) is 7.10. The SMILES string of the molecule is CCOc1ccc(N2C(N=C3N=c4[nH]c5ccccc5c4=N3)=NC23C(=O)Nc2ccccc23)cc1. The molecular weight excluding hydrogens is 442 g/mol. The molecule has 2 N–H and O–H groups in total. The molecule has 35 heavy (non-hydrogen) atoms. The summed E-state index contributed by atoms with van der Waals surface area (Å²) < 4.78 is 5.59. The van der Waals surface area contributed by atoms with Gasteiger partial charge in [-0.3, -0.25) is 9.69 Å². The van der Waals surface area contributed by atoms with Crippen LogP contribution >= 0.6 is 0 Å². The van der Waals surface area contributed by atoms with E-state index in [2.05, 4.69) is 25.3 Å². The van der Waals surface area contributed by atoms with Gasteiger partial charge in [-0.15, -0.1) is 0 Å². The number of amides is 1. The molecule has 1 spiro atoms. The molecule has 3 aliphatic heterocycles. The summed E-state index contributed by atoms with van der Waals surface area (Å²) in [4.78, 5) is 36.9. The summed E-state index contributed by atoms with van der Waals surface area (Å²) in [6, 6.07) is 23.0. The molecule has 0 saturated carbocycles. The van der Waals surface area contributed by atoms with Gasteiger partial charge in [-0.05, 0) is 43.3 Å². The lowest BCUT2D eigenvalue weighted by Crippen LogP contribution is -2.60. The lowest BCUT2D eigenvalue weighted by atomic mass is 9.95. The summed E-state index contributed by atoms with van der Waals surface area (Å²) >= 11 is 0. The van der Waals surface area contributed by atoms with Gasteiger partial charge >= 0.3 is 0 Å². The van der Waals surface area contributed by atoms with Crippen molar-refractivity contribution >= 4 is 40.1 Å². The van der Waals surface area contributed by atoms with Gasteiger partial charge in [0.05, 0.1) is 6.61 Å². The highest BCUT2D eigenvalue weighted by atomic mass is 16.5. The highest BCUT2D eigenvalue weighted by Gasteiger charge is 2.59. The molecule has 3 aliphatic rings. The number of nitrogens with one attached hydrogen (secondary N) is 2. The zero-order valence-electron chi connectivity index (χ0n) is 18.7. The number of hydrogen-bond acceptors (Lipinski definition) is 5. The third-order valence-corrected chi connectivity index (χ3v) is 6.34. The predicted molar refractivity (Wildman–Crippen MR) is 132 cm³/mol. The minimum Gasteiger partial charge on any atom is -0.494 e. The van der Waals surface area contributed by atoms with Gasteiger partial charge in [0.25, 0.3) is 11.9 Å². The van der Waals surface area contributed by atoms with Crippen LogP contribution < -0.4 is 25.8 Å². The number of fused-ring (bicyclic) bond motifs is 5. The van der Waals surface area contributed by atoms with Crippen molar-refractivity contribution in [2.45, 2.75) is 12.6 Å². The molecule has 0 fully saturated rings. The summed E-state index contributed by atoms with van der Waals surface area (Å²) in [5.74, 6) is 1.16. The molecule has 170 valence electrons. The molecule has 1 aromatic heterocycles. The molecule has 4 heterocycles. The lowest BCUT2D eigenvalue weighted by molar-refractivity contribution is -0.120. The number of guanidine groups is 2. The van der Waals surface area contributed by atoms with Gasteiger partial charge in [0.2, 0.25) is 11.6 Å². The Labute approximate surface area is 199 Å². The molecule has 9 heteroatoms. The van der Waals surface area contributed by atoms with Gasteiger partial charge in [-0.1, -0.05) is 36.4 Å². The Morgan fingerprint density at radius 1 is 1.00 bits per heavy atom. The maximum absolute atomic E-state index is 13.3. The number of benzene rings is 3. The zero-order chi connectivity index (χ0) is 23.6. The monoisotopic (exact) mass is 461 g/mol. The van der Waals surface area contributed by atoms with Crippen LogP contribution in [0.25, 0.3) is 10.9 Å². The number of ether oxygens (including phenoxy) is 1. The highest BCUT2D eigenvalue weighted by molar-refractivity contribution is 6.21.